The van der Waals surface area contributed by atoms with Gasteiger partial charge in [0, 0.05) is 0 Å². The summed E-state index contributed by atoms with van der Waals surface area (Å²) in [6.07, 6.45) is 4.82. The molecule has 0 saturated heterocycles. The van der Waals surface area contributed by atoms with Gasteiger partial charge in [-0.1, -0.05) is 13.0 Å². The molecule has 1 aromatic rings. The van der Waals surface area contributed by atoms with E-state index in [9.17, 15) is 4.21 Å². The maximum absolute atomic E-state index is 10.8. The second kappa shape index (κ2) is 5.98. The maximum atomic E-state index is 10.8. The molecular formula is C13H18O3S. The third kappa shape index (κ3) is 3.98. The lowest BCUT2D eigenvalue weighted by atomic mass is 10.0. The maximum Gasteiger partial charge on any atom is 0.186 e. The minimum absolute atomic E-state index is 0.339. The Labute approximate surface area is 105 Å². The van der Waals surface area contributed by atoms with E-state index in [0.29, 0.717) is 10.6 Å². The Bertz CT molecular complexity index is 411. The van der Waals surface area contributed by atoms with Crippen molar-refractivity contribution in [3.05, 3.63) is 36.4 Å². The summed E-state index contributed by atoms with van der Waals surface area (Å²) in [4.78, 5) is 0.376. The van der Waals surface area contributed by atoms with E-state index in [2.05, 4.69) is 6.92 Å². The predicted molar refractivity (Wildman–Crippen MR) is 69.6 cm³/mol. The molecule has 94 valence electrons. The Morgan fingerprint density at radius 3 is 2.41 bits per heavy atom. The smallest absolute Gasteiger partial charge is 0.186 e. The molecule has 2 unspecified atom stereocenters. The van der Waals surface area contributed by atoms with Crippen molar-refractivity contribution in [1.82, 2.24) is 0 Å². The molecule has 0 aliphatic carbocycles. The second-order valence-electron chi connectivity index (χ2n) is 3.99. The first-order valence-corrected chi connectivity index (χ1v) is 6.65. The highest BCUT2D eigenvalue weighted by molar-refractivity contribution is 7.79. The lowest BCUT2D eigenvalue weighted by Crippen LogP contribution is -2.28. The van der Waals surface area contributed by atoms with E-state index in [1.807, 2.05) is 26.0 Å². The molecule has 0 saturated carbocycles. The van der Waals surface area contributed by atoms with Gasteiger partial charge in [0.15, 0.2) is 11.1 Å². The minimum atomic E-state index is -1.94. The van der Waals surface area contributed by atoms with Gasteiger partial charge >= 0.3 is 0 Å². The first-order chi connectivity index (χ1) is 8.00. The van der Waals surface area contributed by atoms with Gasteiger partial charge in [-0.15, -0.1) is 0 Å². The van der Waals surface area contributed by atoms with Gasteiger partial charge in [-0.3, -0.25) is 0 Å². The van der Waals surface area contributed by atoms with Gasteiger partial charge in [-0.25, -0.2) is 4.21 Å². The predicted octanol–water partition coefficient (Wildman–Crippen LogP) is 3.39. The van der Waals surface area contributed by atoms with Crippen LogP contribution in [-0.4, -0.2) is 14.4 Å². The first kappa shape index (κ1) is 13.9. The third-order valence-electron chi connectivity index (χ3n) is 2.60. The van der Waals surface area contributed by atoms with E-state index in [-0.39, 0.29) is 5.60 Å². The topological polar surface area (TPSA) is 46.5 Å². The molecule has 0 aliphatic rings. The number of benzene rings is 1. The van der Waals surface area contributed by atoms with Crippen LogP contribution in [0.4, 0.5) is 0 Å². The SMILES string of the molecule is CC=CC(C)(CC)Oc1ccc(S(=O)O)cc1. The fourth-order valence-corrected chi connectivity index (χ4v) is 1.84. The van der Waals surface area contributed by atoms with Crippen molar-refractivity contribution in [2.24, 2.45) is 0 Å². The van der Waals surface area contributed by atoms with Gasteiger partial charge in [0.25, 0.3) is 0 Å². The van der Waals surface area contributed by atoms with Crippen molar-refractivity contribution >= 4 is 11.1 Å². The van der Waals surface area contributed by atoms with Crippen molar-refractivity contribution in [3.63, 3.8) is 0 Å². The van der Waals surface area contributed by atoms with Gasteiger partial charge in [-0.05, 0) is 50.6 Å². The largest absolute Gasteiger partial charge is 0.484 e. The highest BCUT2D eigenvalue weighted by Gasteiger charge is 2.19. The Hall–Kier alpha value is -1.13. The monoisotopic (exact) mass is 254 g/mol. The summed E-state index contributed by atoms with van der Waals surface area (Å²) in [6, 6.07) is 6.61. The van der Waals surface area contributed by atoms with E-state index in [0.717, 1.165) is 6.42 Å². The average molecular weight is 254 g/mol. The lowest BCUT2D eigenvalue weighted by molar-refractivity contribution is 0.136. The van der Waals surface area contributed by atoms with Gasteiger partial charge in [-0.2, -0.15) is 0 Å². The van der Waals surface area contributed by atoms with Crippen molar-refractivity contribution in [2.45, 2.75) is 37.7 Å². The van der Waals surface area contributed by atoms with Gasteiger partial charge in [0.2, 0.25) is 0 Å². The number of hydrogen-bond acceptors (Lipinski definition) is 2. The normalized spacial score (nSPS) is 16.7. The average Bonchev–Trinajstić information content (AvgIpc) is 2.30. The standard InChI is InChI=1S/C13H18O3S/c1-4-10-13(3,5-2)16-11-6-8-12(9-7-11)17(14)15/h4,6-10H,5H2,1-3H3,(H,14,15). The van der Waals surface area contributed by atoms with Crippen molar-refractivity contribution in [1.29, 1.82) is 0 Å². The van der Waals surface area contributed by atoms with Crippen molar-refractivity contribution in [2.75, 3.05) is 0 Å². The van der Waals surface area contributed by atoms with Crippen LogP contribution < -0.4 is 4.74 Å². The third-order valence-corrected chi connectivity index (χ3v) is 3.27. The fourth-order valence-electron chi connectivity index (χ4n) is 1.47. The van der Waals surface area contributed by atoms with Crippen LogP contribution in [0.1, 0.15) is 27.2 Å². The van der Waals surface area contributed by atoms with Crippen LogP contribution in [0.2, 0.25) is 0 Å². The summed E-state index contributed by atoms with van der Waals surface area (Å²) in [5, 5.41) is 0. The number of hydrogen-bond donors (Lipinski definition) is 1. The van der Waals surface area contributed by atoms with Crippen LogP contribution in [-0.2, 0) is 11.1 Å². The highest BCUT2D eigenvalue weighted by atomic mass is 32.2. The van der Waals surface area contributed by atoms with Crippen LogP contribution in [0.25, 0.3) is 0 Å². The Morgan fingerprint density at radius 1 is 1.41 bits per heavy atom. The second-order valence-corrected chi connectivity index (χ2v) is 4.96. The van der Waals surface area contributed by atoms with E-state index >= 15 is 0 Å². The van der Waals surface area contributed by atoms with Crippen LogP contribution >= 0.6 is 0 Å². The summed E-state index contributed by atoms with van der Waals surface area (Å²) in [5.74, 6) is 0.696. The molecule has 0 radical (unpaired) electrons. The van der Waals surface area contributed by atoms with E-state index < -0.39 is 11.1 Å². The van der Waals surface area contributed by atoms with Crippen LogP contribution in [0, 0.1) is 0 Å². The molecular weight excluding hydrogens is 236 g/mol. The molecule has 4 heteroatoms. The zero-order valence-electron chi connectivity index (χ0n) is 10.3. The van der Waals surface area contributed by atoms with Gasteiger partial charge in [0.05, 0.1) is 4.90 Å². The van der Waals surface area contributed by atoms with Crippen LogP contribution in [0.15, 0.2) is 41.3 Å². The molecule has 0 fully saturated rings. The molecule has 0 amide bonds. The Kier molecular flexibility index (Phi) is 4.90. The quantitative estimate of drug-likeness (QED) is 0.647. The number of rotatable bonds is 5. The molecule has 0 heterocycles. The summed E-state index contributed by atoms with van der Waals surface area (Å²) in [5.41, 5.74) is -0.339. The van der Waals surface area contributed by atoms with Gasteiger partial charge < -0.3 is 9.29 Å². The molecule has 1 N–H and O–H groups in total. The minimum Gasteiger partial charge on any atom is -0.484 e. The summed E-state index contributed by atoms with van der Waals surface area (Å²) in [7, 11) is 0. The molecule has 1 aromatic carbocycles. The van der Waals surface area contributed by atoms with E-state index in [4.69, 9.17) is 9.29 Å². The molecule has 17 heavy (non-hydrogen) atoms. The molecule has 0 spiro atoms. The fraction of sp³-hybridized carbons (Fsp3) is 0.385. The molecule has 0 bridgehead atoms. The summed E-state index contributed by atoms with van der Waals surface area (Å²) >= 11 is -1.94. The first-order valence-electron chi connectivity index (χ1n) is 5.54. The number of ether oxygens (including phenoxy) is 1. The summed E-state index contributed by atoms with van der Waals surface area (Å²) < 4.78 is 25.6. The molecule has 3 nitrogen and oxygen atoms in total. The molecule has 0 aliphatic heterocycles. The van der Waals surface area contributed by atoms with Crippen LogP contribution in [0.5, 0.6) is 5.75 Å². The molecule has 2 atom stereocenters. The molecule has 1 rings (SSSR count). The Balaban J connectivity index is 2.84. The number of allylic oxidation sites excluding steroid dienone is 1. The van der Waals surface area contributed by atoms with Crippen molar-refractivity contribution < 1.29 is 13.5 Å². The van der Waals surface area contributed by atoms with Crippen molar-refractivity contribution in [3.8, 4) is 5.75 Å². The van der Waals surface area contributed by atoms with Crippen LogP contribution in [0.3, 0.4) is 0 Å². The van der Waals surface area contributed by atoms with E-state index in [1.165, 1.54) is 0 Å². The van der Waals surface area contributed by atoms with E-state index in [1.54, 1.807) is 24.3 Å². The zero-order chi connectivity index (χ0) is 12.9. The lowest BCUT2D eigenvalue weighted by Gasteiger charge is -2.26. The zero-order valence-corrected chi connectivity index (χ0v) is 11.2. The highest BCUT2D eigenvalue weighted by Crippen LogP contribution is 2.23. The summed E-state index contributed by atoms with van der Waals surface area (Å²) in [6.45, 7) is 6.01. The Morgan fingerprint density at radius 2 is 2.00 bits per heavy atom. The van der Waals surface area contributed by atoms with Gasteiger partial charge in [0.1, 0.15) is 11.4 Å². The molecule has 0 aromatic heterocycles.